The predicted molar refractivity (Wildman–Crippen MR) is 89.6 cm³/mol. The van der Waals surface area contributed by atoms with Crippen molar-refractivity contribution < 1.29 is 4.79 Å². The maximum Gasteiger partial charge on any atom is 0.273 e. The Kier molecular flexibility index (Phi) is 6.87. The molecule has 0 bridgehead atoms. The SMILES string of the molecule is CC1CN2CCCC2CN1C(=O)c1csc(CN)n1.Cl.Cl. The van der Waals surface area contributed by atoms with Crippen LogP contribution in [0.5, 0.6) is 0 Å². The molecule has 120 valence electrons. The maximum atomic E-state index is 12.5. The van der Waals surface area contributed by atoms with Gasteiger partial charge in [0.05, 0.1) is 0 Å². The Bertz CT molecular complexity index is 484. The molecule has 1 aromatic heterocycles. The van der Waals surface area contributed by atoms with E-state index < -0.39 is 0 Å². The van der Waals surface area contributed by atoms with Gasteiger partial charge in [-0.05, 0) is 26.3 Å². The second kappa shape index (κ2) is 7.74. The zero-order valence-corrected chi connectivity index (χ0v) is 14.5. The van der Waals surface area contributed by atoms with Crippen molar-refractivity contribution in [2.24, 2.45) is 5.73 Å². The third kappa shape index (κ3) is 3.68. The largest absolute Gasteiger partial charge is 0.332 e. The summed E-state index contributed by atoms with van der Waals surface area (Å²) in [6.07, 6.45) is 2.47. The van der Waals surface area contributed by atoms with E-state index in [1.807, 2.05) is 10.3 Å². The Morgan fingerprint density at radius 2 is 2.24 bits per heavy atom. The fraction of sp³-hybridized carbons (Fsp3) is 0.692. The average Bonchev–Trinajstić information content (AvgIpc) is 3.05. The van der Waals surface area contributed by atoms with Crippen LogP contribution < -0.4 is 5.73 Å². The van der Waals surface area contributed by atoms with Gasteiger partial charge in [-0.2, -0.15) is 0 Å². The molecule has 2 N–H and O–H groups in total. The smallest absolute Gasteiger partial charge is 0.273 e. The molecule has 0 aliphatic carbocycles. The van der Waals surface area contributed by atoms with Gasteiger partial charge in [-0.25, -0.2) is 4.98 Å². The Morgan fingerprint density at radius 1 is 1.48 bits per heavy atom. The van der Waals surface area contributed by atoms with Crippen LogP contribution in [0.3, 0.4) is 0 Å². The minimum absolute atomic E-state index is 0. The van der Waals surface area contributed by atoms with Crippen molar-refractivity contribution in [3.05, 3.63) is 16.1 Å². The van der Waals surface area contributed by atoms with Crippen molar-refractivity contribution in [3.63, 3.8) is 0 Å². The van der Waals surface area contributed by atoms with Crippen LogP contribution in [0.4, 0.5) is 0 Å². The van der Waals surface area contributed by atoms with Crippen LogP contribution in [0.1, 0.15) is 35.3 Å². The Balaban J connectivity index is 0.00000110. The number of nitrogens with zero attached hydrogens (tertiary/aromatic N) is 3. The zero-order chi connectivity index (χ0) is 13.4. The number of amides is 1. The van der Waals surface area contributed by atoms with E-state index in [2.05, 4.69) is 16.8 Å². The lowest BCUT2D eigenvalue weighted by molar-refractivity contribution is 0.0391. The van der Waals surface area contributed by atoms with E-state index in [0.717, 1.165) is 18.1 Å². The van der Waals surface area contributed by atoms with Gasteiger partial charge in [-0.15, -0.1) is 36.2 Å². The maximum absolute atomic E-state index is 12.5. The summed E-state index contributed by atoms with van der Waals surface area (Å²) < 4.78 is 0. The molecule has 0 saturated carbocycles. The van der Waals surface area contributed by atoms with Gasteiger partial charge in [-0.1, -0.05) is 0 Å². The summed E-state index contributed by atoms with van der Waals surface area (Å²) in [6, 6.07) is 0.817. The van der Waals surface area contributed by atoms with Crippen LogP contribution in [-0.2, 0) is 6.54 Å². The molecule has 21 heavy (non-hydrogen) atoms. The van der Waals surface area contributed by atoms with Crippen LogP contribution in [0.25, 0.3) is 0 Å². The van der Waals surface area contributed by atoms with Gasteiger partial charge in [0, 0.05) is 37.1 Å². The van der Waals surface area contributed by atoms with Crippen LogP contribution in [-0.4, -0.2) is 52.4 Å². The molecule has 1 amide bonds. The number of rotatable bonds is 2. The van der Waals surface area contributed by atoms with Gasteiger partial charge >= 0.3 is 0 Å². The molecule has 2 fully saturated rings. The molecule has 8 heteroatoms. The highest BCUT2D eigenvalue weighted by Crippen LogP contribution is 2.25. The first-order valence-corrected chi connectivity index (χ1v) is 7.76. The number of carbonyl (C=O) groups is 1. The van der Waals surface area contributed by atoms with Crippen molar-refractivity contribution in [2.45, 2.75) is 38.4 Å². The minimum atomic E-state index is 0. The monoisotopic (exact) mass is 352 g/mol. The fourth-order valence-electron chi connectivity index (χ4n) is 3.12. The molecule has 3 rings (SSSR count). The molecule has 0 spiro atoms. The van der Waals surface area contributed by atoms with Gasteiger partial charge in [0.2, 0.25) is 0 Å². The molecular formula is C13H22Cl2N4OS. The van der Waals surface area contributed by atoms with Gasteiger partial charge in [0.25, 0.3) is 5.91 Å². The molecule has 1 aromatic rings. The molecule has 2 unspecified atom stereocenters. The second-order valence-corrected chi connectivity index (χ2v) is 6.37. The van der Waals surface area contributed by atoms with Crippen LogP contribution >= 0.6 is 36.2 Å². The summed E-state index contributed by atoms with van der Waals surface area (Å²) in [5.74, 6) is 0.0648. The van der Waals surface area contributed by atoms with Gasteiger partial charge in [0.1, 0.15) is 10.7 Å². The first kappa shape index (κ1) is 18.6. The van der Waals surface area contributed by atoms with Gasteiger partial charge in [-0.3, -0.25) is 9.69 Å². The van der Waals surface area contributed by atoms with Gasteiger partial charge < -0.3 is 10.6 Å². The molecule has 0 radical (unpaired) electrons. The molecular weight excluding hydrogens is 331 g/mol. The van der Waals surface area contributed by atoms with Crippen molar-refractivity contribution in [1.29, 1.82) is 0 Å². The van der Waals surface area contributed by atoms with E-state index in [1.165, 1.54) is 30.7 Å². The molecule has 2 atom stereocenters. The summed E-state index contributed by atoms with van der Waals surface area (Å²) in [5, 5.41) is 2.66. The summed E-state index contributed by atoms with van der Waals surface area (Å²) in [4.78, 5) is 21.4. The summed E-state index contributed by atoms with van der Waals surface area (Å²) >= 11 is 1.47. The summed E-state index contributed by atoms with van der Waals surface area (Å²) in [5.41, 5.74) is 6.11. The molecule has 2 aliphatic rings. The number of thiazole rings is 1. The number of carbonyl (C=O) groups excluding carboxylic acids is 1. The molecule has 2 aliphatic heterocycles. The number of nitrogens with two attached hydrogens (primary N) is 1. The predicted octanol–water partition coefficient (Wildman–Crippen LogP) is 1.75. The Hall–Kier alpha value is -0.400. The van der Waals surface area contributed by atoms with Crippen molar-refractivity contribution in [1.82, 2.24) is 14.8 Å². The van der Waals surface area contributed by atoms with Crippen molar-refractivity contribution in [3.8, 4) is 0 Å². The number of hydrogen-bond donors (Lipinski definition) is 1. The average molecular weight is 353 g/mol. The molecule has 2 saturated heterocycles. The van der Waals surface area contributed by atoms with Crippen molar-refractivity contribution >= 4 is 42.1 Å². The third-order valence-corrected chi connectivity index (χ3v) is 5.01. The summed E-state index contributed by atoms with van der Waals surface area (Å²) in [6.45, 7) is 5.55. The van der Waals surface area contributed by atoms with E-state index in [-0.39, 0.29) is 36.8 Å². The number of hydrogen-bond acceptors (Lipinski definition) is 5. The van der Waals surface area contributed by atoms with Crippen molar-refractivity contribution in [2.75, 3.05) is 19.6 Å². The summed E-state index contributed by atoms with van der Waals surface area (Å²) in [7, 11) is 0. The standard InChI is InChI=1S/C13H20N4OS.2ClH/c1-9-6-16-4-2-3-10(16)7-17(9)13(18)11-8-19-12(5-14)15-11;;/h8-10H,2-7,14H2,1H3;2*1H. The van der Waals surface area contributed by atoms with Crippen LogP contribution in [0, 0.1) is 0 Å². The highest BCUT2D eigenvalue weighted by Gasteiger charge is 2.37. The number of aromatic nitrogens is 1. The van der Waals surface area contributed by atoms with Crippen LogP contribution in [0.15, 0.2) is 5.38 Å². The lowest BCUT2D eigenvalue weighted by Crippen LogP contribution is -2.56. The lowest BCUT2D eigenvalue weighted by Gasteiger charge is -2.42. The Labute approximate surface area is 141 Å². The van der Waals surface area contributed by atoms with Gasteiger partial charge in [0.15, 0.2) is 0 Å². The highest BCUT2D eigenvalue weighted by molar-refractivity contribution is 7.09. The Morgan fingerprint density at radius 3 is 2.90 bits per heavy atom. The molecule has 5 nitrogen and oxygen atoms in total. The minimum Gasteiger partial charge on any atom is -0.332 e. The van der Waals surface area contributed by atoms with E-state index in [9.17, 15) is 4.79 Å². The van der Waals surface area contributed by atoms with Crippen LogP contribution in [0.2, 0.25) is 0 Å². The molecule has 0 aromatic carbocycles. The topological polar surface area (TPSA) is 62.5 Å². The lowest BCUT2D eigenvalue weighted by atomic mass is 10.1. The normalized spacial score (nSPS) is 25.0. The molecule has 3 heterocycles. The van der Waals surface area contributed by atoms with E-state index in [4.69, 9.17) is 5.73 Å². The number of fused-ring (bicyclic) bond motifs is 1. The zero-order valence-electron chi connectivity index (χ0n) is 12.0. The first-order chi connectivity index (χ1) is 9.19. The number of piperazine rings is 1. The first-order valence-electron chi connectivity index (χ1n) is 6.88. The fourth-order valence-corrected chi connectivity index (χ4v) is 3.77. The number of halogens is 2. The van der Waals surface area contributed by atoms with E-state index >= 15 is 0 Å². The van der Waals surface area contributed by atoms with E-state index in [0.29, 0.717) is 18.3 Å². The quantitative estimate of drug-likeness (QED) is 0.880. The second-order valence-electron chi connectivity index (χ2n) is 5.43. The van der Waals surface area contributed by atoms with E-state index in [1.54, 1.807) is 0 Å². The third-order valence-electron chi connectivity index (χ3n) is 4.14. The highest BCUT2D eigenvalue weighted by atomic mass is 35.5.